The first kappa shape index (κ1) is 25.3. The van der Waals surface area contributed by atoms with Gasteiger partial charge in [0.1, 0.15) is 0 Å². The molecule has 1 rings (SSSR count). The van der Waals surface area contributed by atoms with E-state index < -0.39 is 0 Å². The molecule has 0 unspecified atom stereocenters. The third-order valence-electron chi connectivity index (χ3n) is 3.99. The lowest BCUT2D eigenvalue weighted by atomic mass is 10.1. The Balaban J connectivity index is 2.14. The predicted octanol–water partition coefficient (Wildman–Crippen LogP) is 3.36. The SMILES string of the molecule is [N-]=[N+]=NCCOCCOCCNC(=O)CCc1ccc(N(CCCl)CCCl)cc1. The number of halogens is 2. The molecular formula is C19H29Cl2N5O3. The van der Waals surface area contributed by atoms with Crippen LogP contribution in [0.3, 0.4) is 0 Å². The molecule has 0 aliphatic rings. The summed E-state index contributed by atoms with van der Waals surface area (Å²) in [5.41, 5.74) is 10.3. The van der Waals surface area contributed by atoms with Gasteiger partial charge in [0.05, 0.1) is 26.4 Å². The Morgan fingerprint density at radius 3 is 2.34 bits per heavy atom. The van der Waals surface area contributed by atoms with Crippen LogP contribution in [0.5, 0.6) is 0 Å². The van der Waals surface area contributed by atoms with Gasteiger partial charge in [-0.2, -0.15) is 0 Å². The van der Waals surface area contributed by atoms with Crippen LogP contribution in [0.2, 0.25) is 0 Å². The molecule has 162 valence electrons. The monoisotopic (exact) mass is 445 g/mol. The van der Waals surface area contributed by atoms with E-state index in [1.54, 1.807) is 0 Å². The van der Waals surface area contributed by atoms with E-state index in [0.717, 1.165) is 24.3 Å². The van der Waals surface area contributed by atoms with E-state index in [9.17, 15) is 4.79 Å². The van der Waals surface area contributed by atoms with Gasteiger partial charge in [-0.3, -0.25) is 4.79 Å². The van der Waals surface area contributed by atoms with Gasteiger partial charge in [-0.1, -0.05) is 17.2 Å². The highest BCUT2D eigenvalue weighted by atomic mass is 35.5. The molecular weight excluding hydrogens is 417 g/mol. The minimum Gasteiger partial charge on any atom is -0.379 e. The highest BCUT2D eigenvalue weighted by molar-refractivity contribution is 6.18. The molecule has 0 saturated heterocycles. The van der Waals surface area contributed by atoms with Gasteiger partial charge in [-0.05, 0) is 29.6 Å². The van der Waals surface area contributed by atoms with Crippen LogP contribution in [0.4, 0.5) is 5.69 Å². The van der Waals surface area contributed by atoms with Gasteiger partial charge >= 0.3 is 0 Å². The van der Waals surface area contributed by atoms with Gasteiger partial charge in [0, 0.05) is 55.0 Å². The number of hydrogen-bond donors (Lipinski definition) is 1. The number of rotatable bonds is 17. The van der Waals surface area contributed by atoms with E-state index in [1.165, 1.54) is 0 Å². The predicted molar refractivity (Wildman–Crippen MR) is 117 cm³/mol. The van der Waals surface area contributed by atoms with E-state index in [-0.39, 0.29) is 5.91 Å². The minimum absolute atomic E-state index is 0.00537. The number of benzene rings is 1. The van der Waals surface area contributed by atoms with Crippen molar-refractivity contribution in [3.63, 3.8) is 0 Å². The summed E-state index contributed by atoms with van der Waals surface area (Å²) in [5, 5.41) is 6.20. The van der Waals surface area contributed by atoms with Crippen LogP contribution in [0, 0.1) is 0 Å². The van der Waals surface area contributed by atoms with Crippen molar-refractivity contribution >= 4 is 34.8 Å². The maximum absolute atomic E-state index is 11.9. The summed E-state index contributed by atoms with van der Waals surface area (Å²) in [6.45, 7) is 3.94. The summed E-state index contributed by atoms with van der Waals surface area (Å²) in [7, 11) is 0. The highest BCUT2D eigenvalue weighted by Gasteiger charge is 2.06. The number of azide groups is 1. The van der Waals surface area contributed by atoms with Crippen molar-refractivity contribution in [2.75, 3.05) is 69.3 Å². The number of carbonyl (C=O) groups excluding carboxylic acids is 1. The molecule has 0 spiro atoms. The van der Waals surface area contributed by atoms with Gasteiger partial charge in [0.25, 0.3) is 0 Å². The fraction of sp³-hybridized carbons (Fsp3) is 0.632. The fourth-order valence-electron chi connectivity index (χ4n) is 2.53. The number of alkyl halides is 2. The average Bonchev–Trinajstić information content (AvgIpc) is 2.74. The summed E-state index contributed by atoms with van der Waals surface area (Å²) in [6, 6.07) is 8.13. The Kier molecular flexibility index (Phi) is 15.0. The Labute approximate surface area is 182 Å². The van der Waals surface area contributed by atoms with Crippen LogP contribution in [-0.4, -0.2) is 70.3 Å². The number of nitrogens with zero attached hydrogens (tertiary/aromatic N) is 4. The summed E-state index contributed by atoms with van der Waals surface area (Å²) in [6.07, 6.45) is 1.10. The maximum atomic E-state index is 11.9. The summed E-state index contributed by atoms with van der Waals surface area (Å²) in [5.74, 6) is 1.09. The van der Waals surface area contributed by atoms with Crippen LogP contribution in [0.1, 0.15) is 12.0 Å². The molecule has 1 aromatic carbocycles. The van der Waals surface area contributed by atoms with Crippen molar-refractivity contribution in [2.24, 2.45) is 5.11 Å². The molecule has 0 atom stereocenters. The third kappa shape index (κ3) is 12.5. The number of anilines is 1. The largest absolute Gasteiger partial charge is 0.379 e. The van der Waals surface area contributed by atoms with E-state index >= 15 is 0 Å². The zero-order valence-corrected chi connectivity index (χ0v) is 18.1. The second-order valence-corrected chi connectivity index (χ2v) is 6.82. The first-order chi connectivity index (χ1) is 14.2. The molecule has 10 heteroatoms. The lowest BCUT2D eigenvalue weighted by Crippen LogP contribution is -2.28. The zero-order chi connectivity index (χ0) is 21.2. The molecule has 0 aromatic heterocycles. The van der Waals surface area contributed by atoms with E-state index in [4.69, 9.17) is 38.2 Å². The van der Waals surface area contributed by atoms with E-state index in [2.05, 4.69) is 20.2 Å². The smallest absolute Gasteiger partial charge is 0.220 e. The minimum atomic E-state index is -0.00537. The van der Waals surface area contributed by atoms with Crippen molar-refractivity contribution in [2.45, 2.75) is 12.8 Å². The summed E-state index contributed by atoms with van der Waals surface area (Å²) < 4.78 is 10.6. The van der Waals surface area contributed by atoms with Crippen LogP contribution in [-0.2, 0) is 20.7 Å². The van der Waals surface area contributed by atoms with Crippen molar-refractivity contribution in [3.8, 4) is 0 Å². The number of aryl methyl sites for hydroxylation is 1. The first-order valence-corrected chi connectivity index (χ1v) is 10.7. The molecule has 0 heterocycles. The summed E-state index contributed by atoms with van der Waals surface area (Å²) in [4.78, 5) is 16.7. The number of amides is 1. The topological polar surface area (TPSA) is 99.6 Å². The first-order valence-electron chi connectivity index (χ1n) is 9.60. The average molecular weight is 446 g/mol. The molecule has 0 radical (unpaired) electrons. The normalized spacial score (nSPS) is 10.4. The van der Waals surface area contributed by atoms with Crippen molar-refractivity contribution < 1.29 is 14.3 Å². The number of nitrogens with one attached hydrogen (secondary N) is 1. The molecule has 0 aliphatic heterocycles. The molecule has 1 aromatic rings. The van der Waals surface area contributed by atoms with Gasteiger partial charge in [-0.15, -0.1) is 23.2 Å². The lowest BCUT2D eigenvalue weighted by molar-refractivity contribution is -0.121. The van der Waals surface area contributed by atoms with Crippen LogP contribution in [0.25, 0.3) is 10.4 Å². The molecule has 0 fully saturated rings. The Hall–Kier alpha value is -1.70. The van der Waals surface area contributed by atoms with Crippen LogP contribution >= 0.6 is 23.2 Å². The van der Waals surface area contributed by atoms with Gasteiger partial charge < -0.3 is 19.7 Å². The third-order valence-corrected chi connectivity index (χ3v) is 4.33. The molecule has 1 N–H and O–H groups in total. The highest BCUT2D eigenvalue weighted by Crippen LogP contribution is 2.16. The quantitative estimate of drug-likeness (QED) is 0.130. The fourth-order valence-corrected chi connectivity index (χ4v) is 2.94. The van der Waals surface area contributed by atoms with Crippen LogP contribution in [0.15, 0.2) is 29.4 Å². The molecule has 1 amide bonds. The molecule has 29 heavy (non-hydrogen) atoms. The Morgan fingerprint density at radius 1 is 1.07 bits per heavy atom. The van der Waals surface area contributed by atoms with Crippen LogP contribution < -0.4 is 10.2 Å². The van der Waals surface area contributed by atoms with Crippen molar-refractivity contribution in [1.82, 2.24) is 5.32 Å². The second-order valence-electron chi connectivity index (χ2n) is 6.06. The number of carbonyl (C=O) groups is 1. The number of hydrogen-bond acceptors (Lipinski definition) is 5. The van der Waals surface area contributed by atoms with Crippen molar-refractivity contribution in [1.29, 1.82) is 0 Å². The second kappa shape index (κ2) is 17.2. The molecule has 0 saturated carbocycles. The summed E-state index contributed by atoms with van der Waals surface area (Å²) >= 11 is 11.7. The Morgan fingerprint density at radius 2 is 1.72 bits per heavy atom. The molecule has 0 aliphatic carbocycles. The lowest BCUT2D eigenvalue weighted by Gasteiger charge is -2.23. The maximum Gasteiger partial charge on any atom is 0.220 e. The molecule has 8 nitrogen and oxygen atoms in total. The van der Waals surface area contributed by atoms with Crippen molar-refractivity contribution in [3.05, 3.63) is 40.3 Å². The van der Waals surface area contributed by atoms with Gasteiger partial charge in [0.2, 0.25) is 5.91 Å². The molecule has 0 bridgehead atoms. The van der Waals surface area contributed by atoms with E-state index in [1.807, 2.05) is 24.3 Å². The standard InChI is InChI=1S/C19H29Cl2N5O3/c20-7-11-26(12-8-21)18-4-1-17(2-5-18)3-6-19(27)23-9-13-28-15-16-29-14-10-24-25-22/h1-2,4-5H,3,6-16H2,(H,23,27). The van der Waals surface area contributed by atoms with Gasteiger partial charge in [-0.25, -0.2) is 0 Å². The zero-order valence-electron chi connectivity index (χ0n) is 16.6. The number of ether oxygens (including phenoxy) is 2. The van der Waals surface area contributed by atoms with Gasteiger partial charge in [0.15, 0.2) is 0 Å². The van der Waals surface area contributed by atoms with E-state index in [0.29, 0.717) is 64.1 Å². The Bertz CT molecular complexity index is 606.